The van der Waals surface area contributed by atoms with Crippen LogP contribution in [0.4, 0.5) is 0 Å². The number of benzene rings is 2. The van der Waals surface area contributed by atoms with Crippen molar-refractivity contribution in [3.05, 3.63) is 72.8 Å². The van der Waals surface area contributed by atoms with Gasteiger partial charge < -0.3 is 0 Å². The molecule has 0 radical (unpaired) electrons. The first-order valence-corrected chi connectivity index (χ1v) is 6.74. The van der Waals surface area contributed by atoms with E-state index in [0.29, 0.717) is 12.0 Å². The molecule has 0 N–H and O–H groups in total. The van der Waals surface area contributed by atoms with Crippen molar-refractivity contribution in [2.45, 2.75) is 20.3 Å². The van der Waals surface area contributed by atoms with E-state index in [0.717, 1.165) is 0 Å². The standard InChI is InChI=1S/C15H14O.C4H6O/c1-11(12(2)16)10-14-8-5-7-13-6-3-4-9-15(13)14;1-3-4(2)5/h3-9H,1,10H2,2H3;3H,1H2,2H3. The zero-order valence-electron chi connectivity index (χ0n) is 12.6. The molecule has 0 spiro atoms. The van der Waals surface area contributed by atoms with Gasteiger partial charge in [-0.25, -0.2) is 0 Å². The van der Waals surface area contributed by atoms with Gasteiger partial charge in [-0.1, -0.05) is 55.6 Å². The molecule has 0 atom stereocenters. The number of allylic oxidation sites excluding steroid dienone is 2. The third-order valence-electron chi connectivity index (χ3n) is 3.07. The van der Waals surface area contributed by atoms with E-state index in [2.05, 4.69) is 37.4 Å². The highest BCUT2D eigenvalue weighted by atomic mass is 16.1. The molecule has 0 aromatic heterocycles. The van der Waals surface area contributed by atoms with Gasteiger partial charge in [0.2, 0.25) is 0 Å². The lowest BCUT2D eigenvalue weighted by molar-refractivity contribution is -0.114. The van der Waals surface area contributed by atoms with Crippen LogP contribution < -0.4 is 0 Å². The van der Waals surface area contributed by atoms with Gasteiger partial charge in [0.05, 0.1) is 0 Å². The Morgan fingerprint density at radius 3 is 2.19 bits per heavy atom. The van der Waals surface area contributed by atoms with E-state index in [1.165, 1.54) is 29.3 Å². The van der Waals surface area contributed by atoms with Crippen LogP contribution in [0.2, 0.25) is 0 Å². The predicted octanol–water partition coefficient (Wildman–Crippen LogP) is 4.29. The first-order chi connectivity index (χ1) is 9.95. The molecule has 0 saturated carbocycles. The van der Waals surface area contributed by atoms with Gasteiger partial charge in [-0.05, 0) is 41.8 Å². The number of carbonyl (C=O) groups excluding carboxylic acids is 2. The SMILES string of the molecule is C=C(Cc1cccc2ccccc12)C(C)=O.C=CC(C)=O. The van der Waals surface area contributed by atoms with Gasteiger partial charge in [-0.15, -0.1) is 0 Å². The van der Waals surface area contributed by atoms with Crippen molar-refractivity contribution in [1.82, 2.24) is 0 Å². The van der Waals surface area contributed by atoms with Gasteiger partial charge >= 0.3 is 0 Å². The molecule has 2 aromatic rings. The molecule has 0 unspecified atom stereocenters. The Hall–Kier alpha value is -2.48. The highest BCUT2D eigenvalue weighted by molar-refractivity contribution is 5.94. The smallest absolute Gasteiger partial charge is 0.155 e. The maximum Gasteiger partial charge on any atom is 0.155 e. The average Bonchev–Trinajstić information content (AvgIpc) is 2.48. The summed E-state index contributed by atoms with van der Waals surface area (Å²) in [5, 5.41) is 2.41. The number of rotatable bonds is 4. The predicted molar refractivity (Wildman–Crippen MR) is 88.4 cm³/mol. The summed E-state index contributed by atoms with van der Waals surface area (Å²) in [7, 11) is 0. The molecule has 2 rings (SSSR count). The average molecular weight is 280 g/mol. The van der Waals surface area contributed by atoms with E-state index in [9.17, 15) is 9.59 Å². The van der Waals surface area contributed by atoms with Crippen LogP contribution in [0.25, 0.3) is 10.8 Å². The maximum atomic E-state index is 11.2. The van der Waals surface area contributed by atoms with E-state index in [1.54, 1.807) is 6.92 Å². The van der Waals surface area contributed by atoms with Crippen LogP contribution in [-0.4, -0.2) is 11.6 Å². The van der Waals surface area contributed by atoms with Crippen LogP contribution >= 0.6 is 0 Å². The van der Waals surface area contributed by atoms with Crippen molar-refractivity contribution in [2.75, 3.05) is 0 Å². The summed E-state index contributed by atoms with van der Waals surface area (Å²) >= 11 is 0. The zero-order chi connectivity index (χ0) is 15.8. The Labute approximate surface area is 125 Å². The minimum Gasteiger partial charge on any atom is -0.295 e. The van der Waals surface area contributed by atoms with E-state index in [1.807, 2.05) is 18.2 Å². The van der Waals surface area contributed by atoms with Crippen molar-refractivity contribution < 1.29 is 9.59 Å². The summed E-state index contributed by atoms with van der Waals surface area (Å²) in [6.07, 6.45) is 1.91. The van der Waals surface area contributed by atoms with Gasteiger partial charge in [0.1, 0.15) is 0 Å². The zero-order valence-corrected chi connectivity index (χ0v) is 12.6. The van der Waals surface area contributed by atoms with E-state index in [-0.39, 0.29) is 11.6 Å². The van der Waals surface area contributed by atoms with Gasteiger partial charge in [0.15, 0.2) is 11.6 Å². The molecule has 0 aliphatic carbocycles. The molecule has 2 heteroatoms. The third-order valence-corrected chi connectivity index (χ3v) is 3.07. The van der Waals surface area contributed by atoms with Crippen LogP contribution in [0.1, 0.15) is 19.4 Å². The van der Waals surface area contributed by atoms with Crippen molar-refractivity contribution in [1.29, 1.82) is 0 Å². The summed E-state index contributed by atoms with van der Waals surface area (Å²) in [6.45, 7) is 10.0. The van der Waals surface area contributed by atoms with Crippen molar-refractivity contribution in [2.24, 2.45) is 0 Å². The summed E-state index contributed by atoms with van der Waals surface area (Å²) in [4.78, 5) is 20.9. The molecule has 0 aliphatic rings. The Morgan fingerprint density at radius 1 is 1.05 bits per heavy atom. The Morgan fingerprint density at radius 2 is 1.62 bits per heavy atom. The van der Waals surface area contributed by atoms with Crippen LogP contribution in [-0.2, 0) is 16.0 Å². The van der Waals surface area contributed by atoms with Crippen LogP contribution in [0.15, 0.2) is 67.3 Å². The second-order valence-electron chi connectivity index (χ2n) is 4.79. The Bertz CT molecular complexity index is 676. The first-order valence-electron chi connectivity index (χ1n) is 6.74. The molecule has 0 saturated heterocycles. The van der Waals surface area contributed by atoms with Crippen LogP contribution in [0.5, 0.6) is 0 Å². The number of hydrogen-bond acceptors (Lipinski definition) is 2. The van der Waals surface area contributed by atoms with Gasteiger partial charge in [0, 0.05) is 6.42 Å². The molecule has 108 valence electrons. The van der Waals surface area contributed by atoms with E-state index < -0.39 is 0 Å². The number of hydrogen-bond donors (Lipinski definition) is 0. The molecule has 0 bridgehead atoms. The fourth-order valence-corrected chi connectivity index (χ4v) is 1.80. The minimum absolute atomic E-state index is 0.0185. The van der Waals surface area contributed by atoms with Gasteiger partial charge in [-0.2, -0.15) is 0 Å². The molecule has 0 amide bonds. The molecule has 2 aromatic carbocycles. The fraction of sp³-hybridized carbons (Fsp3) is 0.158. The topological polar surface area (TPSA) is 34.1 Å². The Kier molecular flexibility index (Phi) is 6.28. The largest absolute Gasteiger partial charge is 0.295 e. The molecule has 0 fully saturated rings. The first kappa shape index (κ1) is 16.6. The fourth-order valence-electron chi connectivity index (χ4n) is 1.80. The summed E-state index contributed by atoms with van der Waals surface area (Å²) in [5.74, 6) is 0.0814. The highest BCUT2D eigenvalue weighted by Gasteiger charge is 2.05. The summed E-state index contributed by atoms with van der Waals surface area (Å²) in [6, 6.07) is 14.3. The van der Waals surface area contributed by atoms with Crippen molar-refractivity contribution in [3.8, 4) is 0 Å². The number of carbonyl (C=O) groups is 2. The highest BCUT2D eigenvalue weighted by Crippen LogP contribution is 2.20. The quantitative estimate of drug-likeness (QED) is 0.783. The molecular weight excluding hydrogens is 260 g/mol. The second-order valence-corrected chi connectivity index (χ2v) is 4.79. The molecule has 21 heavy (non-hydrogen) atoms. The Balaban J connectivity index is 0.000000383. The molecule has 2 nitrogen and oxygen atoms in total. The number of ketones is 2. The van der Waals surface area contributed by atoms with Crippen molar-refractivity contribution >= 4 is 22.3 Å². The van der Waals surface area contributed by atoms with Crippen LogP contribution in [0.3, 0.4) is 0 Å². The summed E-state index contributed by atoms with van der Waals surface area (Å²) in [5.41, 5.74) is 1.83. The van der Waals surface area contributed by atoms with E-state index in [4.69, 9.17) is 0 Å². The second kappa shape index (κ2) is 7.95. The van der Waals surface area contributed by atoms with Gasteiger partial charge in [-0.3, -0.25) is 9.59 Å². The van der Waals surface area contributed by atoms with Crippen LogP contribution in [0, 0.1) is 0 Å². The normalized spacial score (nSPS) is 9.43. The minimum atomic E-state index is 0.0185. The third kappa shape index (κ3) is 5.19. The molecule has 0 aliphatic heterocycles. The summed E-state index contributed by atoms with van der Waals surface area (Å²) < 4.78 is 0. The molecule has 0 heterocycles. The lowest BCUT2D eigenvalue weighted by Crippen LogP contribution is -1.99. The number of Topliss-reactive ketones (excluding diaryl/α,β-unsaturated/α-hetero) is 1. The molecular formula is C19H20O2. The monoisotopic (exact) mass is 280 g/mol. The lowest BCUT2D eigenvalue weighted by Gasteiger charge is -2.06. The van der Waals surface area contributed by atoms with Gasteiger partial charge in [0.25, 0.3) is 0 Å². The maximum absolute atomic E-state index is 11.2. The lowest BCUT2D eigenvalue weighted by atomic mass is 9.98. The van der Waals surface area contributed by atoms with Crippen molar-refractivity contribution in [3.63, 3.8) is 0 Å². The van der Waals surface area contributed by atoms with E-state index >= 15 is 0 Å². The number of fused-ring (bicyclic) bond motifs is 1.